The minimum atomic E-state index is -0.203. The molecule has 28 heavy (non-hydrogen) atoms. The van der Waals surface area contributed by atoms with Crippen LogP contribution in [0.2, 0.25) is 0 Å². The minimum Gasteiger partial charge on any atom is -0.347 e. The van der Waals surface area contributed by atoms with E-state index in [0.29, 0.717) is 19.4 Å². The molecular formula is C21H31N4O2S+. The van der Waals surface area contributed by atoms with Crippen molar-refractivity contribution in [3.63, 3.8) is 0 Å². The third kappa shape index (κ3) is 6.01. The molecule has 2 aromatic rings. The van der Waals surface area contributed by atoms with Gasteiger partial charge in [-0.3, -0.25) is 9.59 Å². The summed E-state index contributed by atoms with van der Waals surface area (Å²) in [5.41, 5.74) is 0.808. The van der Waals surface area contributed by atoms with Crippen LogP contribution in [0.5, 0.6) is 0 Å². The topological polar surface area (TPSA) is 66.7 Å². The van der Waals surface area contributed by atoms with Gasteiger partial charge in [0, 0.05) is 31.3 Å². The number of quaternary nitrogens is 1. The molecular weight excluding hydrogens is 372 g/mol. The second-order valence-corrected chi connectivity index (χ2v) is 9.65. The summed E-state index contributed by atoms with van der Waals surface area (Å²) >= 11 is 1.67. The van der Waals surface area contributed by atoms with Crippen molar-refractivity contribution in [2.24, 2.45) is 0 Å². The number of aryl methyl sites for hydroxylation is 1. The quantitative estimate of drug-likeness (QED) is 0.790. The smallest absolute Gasteiger partial charge is 0.275 e. The van der Waals surface area contributed by atoms with Crippen LogP contribution in [0.15, 0.2) is 24.3 Å². The van der Waals surface area contributed by atoms with Crippen LogP contribution in [0.4, 0.5) is 0 Å². The molecule has 2 amide bonds. The van der Waals surface area contributed by atoms with Crippen molar-refractivity contribution < 1.29 is 14.5 Å². The lowest BCUT2D eigenvalue weighted by molar-refractivity contribution is -0.889. The van der Waals surface area contributed by atoms with E-state index in [4.69, 9.17) is 0 Å². The van der Waals surface area contributed by atoms with Crippen molar-refractivity contribution in [1.82, 2.24) is 15.2 Å². The molecule has 0 aliphatic carbocycles. The highest BCUT2D eigenvalue weighted by atomic mass is 32.1. The lowest BCUT2D eigenvalue weighted by Gasteiger charge is -2.23. The first-order chi connectivity index (χ1) is 13.3. The van der Waals surface area contributed by atoms with E-state index in [0.717, 1.165) is 43.1 Å². The minimum absolute atomic E-state index is 0.0816. The Hall–Kier alpha value is -1.99. The standard InChI is InChI=1S/C21H30N4O2S/c1-21(2,3)23-18(26)15-24-11-6-12-25(14-13-24)20(27)10-9-19-22-16-7-4-5-8-17(16)28-19/h4-5,7-8H,6,9-15H2,1-3H3,(H,23,26)/p+1. The summed E-state index contributed by atoms with van der Waals surface area (Å²) in [7, 11) is 0. The van der Waals surface area contributed by atoms with Crippen molar-refractivity contribution in [3.8, 4) is 0 Å². The van der Waals surface area contributed by atoms with Gasteiger partial charge in [0.15, 0.2) is 6.54 Å². The van der Waals surface area contributed by atoms with Gasteiger partial charge >= 0.3 is 0 Å². The highest BCUT2D eigenvalue weighted by molar-refractivity contribution is 7.18. The molecule has 152 valence electrons. The molecule has 0 saturated carbocycles. The first-order valence-electron chi connectivity index (χ1n) is 10.1. The summed E-state index contributed by atoms with van der Waals surface area (Å²) in [4.78, 5) is 32.7. The number of rotatable bonds is 5. The average molecular weight is 404 g/mol. The number of hydrogen-bond acceptors (Lipinski definition) is 4. The molecule has 1 aromatic carbocycles. The van der Waals surface area contributed by atoms with Gasteiger partial charge in [-0.2, -0.15) is 0 Å². The highest BCUT2D eigenvalue weighted by Gasteiger charge is 2.24. The first-order valence-corrected chi connectivity index (χ1v) is 10.9. The fraction of sp³-hybridized carbons (Fsp3) is 0.571. The maximum Gasteiger partial charge on any atom is 0.275 e. The molecule has 7 heteroatoms. The zero-order valence-corrected chi connectivity index (χ0v) is 17.9. The van der Waals surface area contributed by atoms with E-state index in [1.54, 1.807) is 11.3 Å². The van der Waals surface area contributed by atoms with E-state index < -0.39 is 0 Å². The van der Waals surface area contributed by atoms with Crippen molar-refractivity contribution in [2.45, 2.75) is 45.6 Å². The van der Waals surface area contributed by atoms with Gasteiger partial charge in [-0.15, -0.1) is 11.3 Å². The van der Waals surface area contributed by atoms with E-state index in [1.165, 1.54) is 9.60 Å². The molecule has 6 nitrogen and oxygen atoms in total. The monoisotopic (exact) mass is 403 g/mol. The number of thiazole rings is 1. The Morgan fingerprint density at radius 1 is 1.21 bits per heavy atom. The van der Waals surface area contributed by atoms with Crippen LogP contribution in [0.3, 0.4) is 0 Å². The Bertz CT molecular complexity index is 794. The van der Waals surface area contributed by atoms with Gasteiger partial charge in [0.1, 0.15) is 0 Å². The summed E-state index contributed by atoms with van der Waals surface area (Å²) in [6.07, 6.45) is 2.13. The zero-order valence-electron chi connectivity index (χ0n) is 17.1. The fourth-order valence-electron chi connectivity index (χ4n) is 3.56. The molecule has 0 spiro atoms. The number of hydrogen-bond donors (Lipinski definition) is 2. The maximum absolute atomic E-state index is 12.7. The summed E-state index contributed by atoms with van der Waals surface area (Å²) < 4.78 is 1.17. The van der Waals surface area contributed by atoms with Crippen LogP contribution in [-0.2, 0) is 16.0 Å². The van der Waals surface area contributed by atoms with Crippen LogP contribution in [0, 0.1) is 0 Å². The molecule has 1 aromatic heterocycles. The molecule has 1 aliphatic heterocycles. The number of amides is 2. The third-order valence-electron chi connectivity index (χ3n) is 4.86. The molecule has 2 heterocycles. The largest absolute Gasteiger partial charge is 0.347 e. The van der Waals surface area contributed by atoms with Gasteiger partial charge in [0.25, 0.3) is 5.91 Å². The summed E-state index contributed by atoms with van der Waals surface area (Å²) in [6.45, 7) is 9.71. The Kier molecular flexibility index (Phi) is 6.67. The van der Waals surface area contributed by atoms with Crippen LogP contribution in [0.25, 0.3) is 10.2 Å². The number of carbonyl (C=O) groups excluding carboxylic acids is 2. The molecule has 0 bridgehead atoms. The average Bonchev–Trinajstić information content (AvgIpc) is 2.89. The lowest BCUT2D eigenvalue weighted by Crippen LogP contribution is -3.13. The summed E-state index contributed by atoms with van der Waals surface area (Å²) in [5, 5.41) is 4.05. The van der Waals surface area contributed by atoms with Gasteiger partial charge in [-0.1, -0.05) is 12.1 Å². The van der Waals surface area contributed by atoms with Crippen molar-refractivity contribution in [1.29, 1.82) is 0 Å². The van der Waals surface area contributed by atoms with Crippen molar-refractivity contribution >= 4 is 33.4 Å². The van der Waals surface area contributed by atoms with E-state index in [1.807, 2.05) is 43.9 Å². The van der Waals surface area contributed by atoms with E-state index in [9.17, 15) is 9.59 Å². The van der Waals surface area contributed by atoms with Gasteiger partial charge in [-0.05, 0) is 32.9 Å². The molecule has 1 aliphatic rings. The summed E-state index contributed by atoms with van der Waals surface area (Å²) in [5.74, 6) is 0.276. The Morgan fingerprint density at radius 3 is 2.75 bits per heavy atom. The second-order valence-electron chi connectivity index (χ2n) is 8.53. The zero-order chi connectivity index (χ0) is 20.1. The van der Waals surface area contributed by atoms with Gasteiger partial charge in [-0.25, -0.2) is 4.98 Å². The number of aromatic nitrogens is 1. The number of para-hydroxylation sites is 1. The fourth-order valence-corrected chi connectivity index (χ4v) is 4.53. The molecule has 1 saturated heterocycles. The van der Waals surface area contributed by atoms with Crippen LogP contribution in [0.1, 0.15) is 38.6 Å². The number of nitrogens with zero attached hydrogens (tertiary/aromatic N) is 2. The second kappa shape index (κ2) is 9.01. The number of fused-ring (bicyclic) bond motifs is 1. The van der Waals surface area contributed by atoms with E-state index in [-0.39, 0.29) is 17.4 Å². The predicted molar refractivity (Wildman–Crippen MR) is 113 cm³/mol. The van der Waals surface area contributed by atoms with Crippen molar-refractivity contribution in [2.75, 3.05) is 32.7 Å². The number of carbonyl (C=O) groups is 2. The Labute approximate surface area is 170 Å². The van der Waals surface area contributed by atoms with Gasteiger partial charge in [0.05, 0.1) is 34.9 Å². The first kappa shape index (κ1) is 20.7. The van der Waals surface area contributed by atoms with Crippen molar-refractivity contribution in [3.05, 3.63) is 29.3 Å². The van der Waals surface area contributed by atoms with Gasteiger partial charge < -0.3 is 15.1 Å². The molecule has 3 rings (SSSR count). The third-order valence-corrected chi connectivity index (χ3v) is 5.96. The van der Waals surface area contributed by atoms with Crippen LogP contribution < -0.4 is 10.2 Å². The molecule has 1 atom stereocenters. The Morgan fingerprint density at radius 2 is 2.00 bits per heavy atom. The molecule has 1 unspecified atom stereocenters. The highest BCUT2D eigenvalue weighted by Crippen LogP contribution is 2.22. The van der Waals surface area contributed by atoms with Gasteiger partial charge in [0.2, 0.25) is 5.91 Å². The maximum atomic E-state index is 12.7. The normalized spacial score (nSPS) is 18.1. The van der Waals surface area contributed by atoms with E-state index in [2.05, 4.69) is 16.4 Å². The lowest BCUT2D eigenvalue weighted by atomic mass is 10.1. The van der Waals surface area contributed by atoms with E-state index >= 15 is 0 Å². The number of nitrogens with one attached hydrogen (secondary N) is 2. The predicted octanol–water partition coefficient (Wildman–Crippen LogP) is 1.26. The summed E-state index contributed by atoms with van der Waals surface area (Å²) in [6, 6.07) is 8.09. The molecule has 2 N–H and O–H groups in total. The van der Waals surface area contributed by atoms with Crippen LogP contribution in [-0.4, -0.2) is 60.0 Å². The molecule has 0 radical (unpaired) electrons. The Balaban J connectivity index is 1.46. The van der Waals surface area contributed by atoms with Crippen LogP contribution >= 0.6 is 11.3 Å². The number of benzene rings is 1. The SMILES string of the molecule is CC(C)(C)NC(=O)C[NH+]1CCCN(C(=O)CCc2nc3ccccc3s2)CC1. The molecule has 1 fully saturated rings.